The molecule has 0 saturated heterocycles. The molecule has 4 N–H and O–H groups in total. The van der Waals surface area contributed by atoms with E-state index in [0.29, 0.717) is 17.7 Å². The lowest BCUT2D eigenvalue weighted by Gasteiger charge is -2.08. The highest BCUT2D eigenvalue weighted by atomic mass is 19.1. The molecule has 0 unspecified atom stereocenters. The largest absolute Gasteiger partial charge is 0.478 e. The second-order valence-electron chi connectivity index (χ2n) is 4.70. The molecular formula is C16H15FN2O3. The Labute approximate surface area is 126 Å². The van der Waals surface area contributed by atoms with Crippen molar-refractivity contribution in [2.24, 2.45) is 0 Å². The van der Waals surface area contributed by atoms with E-state index in [1.165, 1.54) is 24.3 Å². The SMILES string of the molecule is CCNC(=O)c1ccc(-c2cc(N)cc(C(=O)O)c2)cc1F. The molecule has 2 aromatic rings. The maximum atomic E-state index is 14.1. The number of nitrogens with two attached hydrogens (primary N) is 1. The number of carboxylic acids is 1. The van der Waals surface area contributed by atoms with E-state index in [1.807, 2.05) is 0 Å². The minimum Gasteiger partial charge on any atom is -0.478 e. The van der Waals surface area contributed by atoms with Crippen molar-refractivity contribution < 1.29 is 19.1 Å². The predicted molar refractivity (Wildman–Crippen MR) is 81.2 cm³/mol. The highest BCUT2D eigenvalue weighted by Gasteiger charge is 2.13. The fourth-order valence-corrected chi connectivity index (χ4v) is 2.08. The Morgan fingerprint density at radius 1 is 1.18 bits per heavy atom. The Hall–Kier alpha value is -2.89. The molecule has 0 fully saturated rings. The number of nitrogen functional groups attached to an aromatic ring is 1. The summed E-state index contributed by atoms with van der Waals surface area (Å²) in [6.45, 7) is 2.14. The van der Waals surface area contributed by atoms with E-state index in [1.54, 1.807) is 19.1 Å². The number of carbonyl (C=O) groups is 2. The van der Waals surface area contributed by atoms with E-state index < -0.39 is 17.7 Å². The van der Waals surface area contributed by atoms with E-state index in [4.69, 9.17) is 10.8 Å². The van der Waals surface area contributed by atoms with Gasteiger partial charge in [-0.05, 0) is 48.4 Å². The first-order valence-electron chi connectivity index (χ1n) is 6.64. The summed E-state index contributed by atoms with van der Waals surface area (Å²) >= 11 is 0. The second-order valence-corrected chi connectivity index (χ2v) is 4.70. The van der Waals surface area contributed by atoms with E-state index in [9.17, 15) is 14.0 Å². The number of nitrogens with one attached hydrogen (secondary N) is 1. The van der Waals surface area contributed by atoms with E-state index >= 15 is 0 Å². The molecule has 2 rings (SSSR count). The van der Waals surface area contributed by atoms with Gasteiger partial charge in [-0.15, -0.1) is 0 Å². The van der Waals surface area contributed by atoms with Gasteiger partial charge in [0, 0.05) is 12.2 Å². The molecule has 114 valence electrons. The molecule has 22 heavy (non-hydrogen) atoms. The lowest BCUT2D eigenvalue weighted by atomic mass is 10.00. The standard InChI is InChI=1S/C16H15FN2O3/c1-2-19-15(20)13-4-3-9(8-14(13)17)10-5-11(16(21)22)7-12(18)6-10/h3-8H,2,18H2,1H3,(H,19,20)(H,21,22). The molecule has 0 radical (unpaired) electrons. The number of hydrogen-bond acceptors (Lipinski definition) is 3. The monoisotopic (exact) mass is 302 g/mol. The lowest BCUT2D eigenvalue weighted by Crippen LogP contribution is -2.23. The summed E-state index contributed by atoms with van der Waals surface area (Å²) in [5.74, 6) is -2.29. The minimum atomic E-state index is -1.12. The minimum absolute atomic E-state index is 0.0169. The molecule has 0 bridgehead atoms. The number of carboxylic acid groups (broad SMARTS) is 1. The van der Waals surface area contributed by atoms with Crippen LogP contribution in [0.3, 0.4) is 0 Å². The highest BCUT2D eigenvalue weighted by Crippen LogP contribution is 2.25. The third kappa shape index (κ3) is 3.22. The van der Waals surface area contributed by atoms with Crippen molar-refractivity contribution in [1.82, 2.24) is 5.32 Å². The van der Waals surface area contributed by atoms with Crippen molar-refractivity contribution in [3.8, 4) is 11.1 Å². The molecule has 6 heteroatoms. The number of benzene rings is 2. The first-order valence-corrected chi connectivity index (χ1v) is 6.64. The summed E-state index contributed by atoms with van der Waals surface area (Å²) in [4.78, 5) is 22.7. The van der Waals surface area contributed by atoms with Gasteiger partial charge in [-0.1, -0.05) is 6.07 Å². The number of carbonyl (C=O) groups excluding carboxylic acids is 1. The molecule has 0 aliphatic carbocycles. The van der Waals surface area contributed by atoms with Crippen molar-refractivity contribution in [3.05, 3.63) is 53.3 Å². The van der Waals surface area contributed by atoms with Crippen molar-refractivity contribution in [2.45, 2.75) is 6.92 Å². The van der Waals surface area contributed by atoms with Gasteiger partial charge in [0.25, 0.3) is 5.91 Å². The van der Waals surface area contributed by atoms with Gasteiger partial charge in [-0.3, -0.25) is 4.79 Å². The molecule has 0 aromatic heterocycles. The van der Waals surface area contributed by atoms with Crippen molar-refractivity contribution in [1.29, 1.82) is 0 Å². The topological polar surface area (TPSA) is 92.4 Å². The Morgan fingerprint density at radius 2 is 1.91 bits per heavy atom. The molecule has 5 nitrogen and oxygen atoms in total. The molecule has 0 spiro atoms. The van der Waals surface area contributed by atoms with Crippen molar-refractivity contribution in [3.63, 3.8) is 0 Å². The smallest absolute Gasteiger partial charge is 0.335 e. The third-order valence-corrected chi connectivity index (χ3v) is 3.09. The van der Waals surface area contributed by atoms with E-state index in [0.717, 1.165) is 0 Å². The molecule has 0 aliphatic rings. The first kappa shape index (κ1) is 15.5. The van der Waals surface area contributed by atoms with Crippen LogP contribution in [0.2, 0.25) is 0 Å². The van der Waals surface area contributed by atoms with Gasteiger partial charge in [0.15, 0.2) is 0 Å². The number of hydrogen-bond donors (Lipinski definition) is 3. The van der Waals surface area contributed by atoms with Gasteiger partial charge in [-0.25, -0.2) is 9.18 Å². The van der Waals surface area contributed by atoms with Gasteiger partial charge in [-0.2, -0.15) is 0 Å². The summed E-state index contributed by atoms with van der Waals surface area (Å²) in [7, 11) is 0. The molecule has 1 amide bonds. The van der Waals surface area contributed by atoms with Crippen LogP contribution >= 0.6 is 0 Å². The summed E-state index contributed by atoms with van der Waals surface area (Å²) in [6, 6.07) is 8.37. The number of aromatic carboxylic acids is 1. The fourth-order valence-electron chi connectivity index (χ4n) is 2.08. The Morgan fingerprint density at radius 3 is 2.50 bits per heavy atom. The van der Waals surface area contributed by atoms with Crippen LogP contribution in [0.5, 0.6) is 0 Å². The van der Waals surface area contributed by atoms with Crippen LogP contribution in [-0.4, -0.2) is 23.5 Å². The van der Waals surface area contributed by atoms with Crippen LogP contribution in [-0.2, 0) is 0 Å². The lowest BCUT2D eigenvalue weighted by molar-refractivity contribution is 0.0696. The predicted octanol–water partition coefficient (Wildman–Crippen LogP) is 2.52. The molecular weight excluding hydrogens is 287 g/mol. The van der Waals surface area contributed by atoms with Gasteiger partial charge in [0.2, 0.25) is 0 Å². The first-order chi connectivity index (χ1) is 10.4. The average molecular weight is 302 g/mol. The molecule has 0 aliphatic heterocycles. The van der Waals surface area contributed by atoms with Crippen LogP contribution in [0.15, 0.2) is 36.4 Å². The van der Waals surface area contributed by atoms with E-state index in [2.05, 4.69) is 5.32 Å². The Bertz CT molecular complexity index is 744. The van der Waals surface area contributed by atoms with Crippen LogP contribution in [0.1, 0.15) is 27.6 Å². The van der Waals surface area contributed by atoms with Gasteiger partial charge >= 0.3 is 5.97 Å². The molecule has 0 saturated carbocycles. The zero-order valence-electron chi connectivity index (χ0n) is 11.9. The Balaban J connectivity index is 2.44. The highest BCUT2D eigenvalue weighted by molar-refractivity contribution is 5.95. The third-order valence-electron chi connectivity index (χ3n) is 3.09. The van der Waals surface area contributed by atoms with Crippen molar-refractivity contribution in [2.75, 3.05) is 12.3 Å². The number of anilines is 1. The molecule has 0 heterocycles. The van der Waals surface area contributed by atoms with Crippen molar-refractivity contribution >= 4 is 17.6 Å². The quantitative estimate of drug-likeness (QED) is 0.757. The van der Waals surface area contributed by atoms with Gasteiger partial charge < -0.3 is 16.2 Å². The summed E-state index contributed by atoms with van der Waals surface area (Å²) in [5, 5.41) is 11.5. The van der Waals surface area contributed by atoms with Crippen LogP contribution in [0, 0.1) is 5.82 Å². The molecule has 2 aromatic carbocycles. The number of amides is 1. The summed E-state index contributed by atoms with van der Waals surface area (Å²) < 4.78 is 14.1. The maximum Gasteiger partial charge on any atom is 0.335 e. The van der Waals surface area contributed by atoms with Gasteiger partial charge in [0.1, 0.15) is 5.82 Å². The van der Waals surface area contributed by atoms with E-state index in [-0.39, 0.29) is 16.8 Å². The van der Waals surface area contributed by atoms with Crippen LogP contribution < -0.4 is 11.1 Å². The summed E-state index contributed by atoms with van der Waals surface area (Å²) in [5.41, 5.74) is 6.81. The van der Waals surface area contributed by atoms with Crippen LogP contribution in [0.25, 0.3) is 11.1 Å². The molecule has 0 atom stereocenters. The zero-order valence-corrected chi connectivity index (χ0v) is 11.9. The summed E-state index contributed by atoms with van der Waals surface area (Å²) in [6.07, 6.45) is 0. The number of rotatable bonds is 4. The van der Waals surface area contributed by atoms with Gasteiger partial charge in [0.05, 0.1) is 11.1 Å². The number of halogens is 1. The zero-order chi connectivity index (χ0) is 16.3. The van der Waals surface area contributed by atoms with Crippen LogP contribution in [0.4, 0.5) is 10.1 Å². The Kier molecular flexibility index (Phi) is 4.41. The second kappa shape index (κ2) is 6.26. The average Bonchev–Trinajstić information content (AvgIpc) is 2.46. The maximum absolute atomic E-state index is 14.1. The normalized spacial score (nSPS) is 10.3. The fraction of sp³-hybridized carbons (Fsp3) is 0.125.